The van der Waals surface area contributed by atoms with Gasteiger partial charge in [0.2, 0.25) is 0 Å². The number of aromatic nitrogens is 2. The van der Waals surface area contributed by atoms with Gasteiger partial charge in [-0.3, -0.25) is 4.98 Å². The van der Waals surface area contributed by atoms with Crippen LogP contribution >= 0.6 is 0 Å². The molecule has 1 aliphatic rings. The molecule has 2 aromatic rings. The summed E-state index contributed by atoms with van der Waals surface area (Å²) in [5.74, 6) is 0.515. The van der Waals surface area contributed by atoms with Gasteiger partial charge >= 0.3 is 0 Å². The molecule has 6 nitrogen and oxygen atoms in total. The van der Waals surface area contributed by atoms with Crippen molar-refractivity contribution in [2.45, 2.75) is 6.17 Å². The van der Waals surface area contributed by atoms with Crippen LogP contribution in [-0.2, 0) is 0 Å². The average Bonchev–Trinajstić information content (AvgIpc) is 2.98. The molecule has 0 N–H and O–H groups in total. The van der Waals surface area contributed by atoms with E-state index in [1.807, 2.05) is 18.2 Å². The van der Waals surface area contributed by atoms with Crippen molar-refractivity contribution in [2.75, 3.05) is 0 Å². The zero-order valence-corrected chi connectivity index (χ0v) is 9.80. The SMILES string of the molecule is N#Cc1cc(C2=NC(c3ccncc3)N=N2)ccn1. The zero-order valence-electron chi connectivity index (χ0n) is 9.80. The van der Waals surface area contributed by atoms with Crippen LogP contribution in [0.2, 0.25) is 0 Å². The van der Waals surface area contributed by atoms with E-state index < -0.39 is 0 Å². The highest BCUT2D eigenvalue weighted by Gasteiger charge is 2.17. The number of aliphatic imine (C=N–C) groups is 1. The van der Waals surface area contributed by atoms with E-state index in [-0.39, 0.29) is 6.17 Å². The predicted octanol–water partition coefficient (Wildman–Crippen LogP) is 2.26. The molecule has 1 atom stereocenters. The monoisotopic (exact) mass is 248 g/mol. The number of pyridine rings is 2. The van der Waals surface area contributed by atoms with Crippen LogP contribution in [0.1, 0.15) is 23.0 Å². The summed E-state index contributed by atoms with van der Waals surface area (Å²) in [6, 6.07) is 9.09. The lowest BCUT2D eigenvalue weighted by Crippen LogP contribution is -1.96. The summed E-state index contributed by atoms with van der Waals surface area (Å²) in [4.78, 5) is 12.3. The van der Waals surface area contributed by atoms with Crippen LogP contribution in [0.5, 0.6) is 0 Å². The molecular weight excluding hydrogens is 240 g/mol. The average molecular weight is 248 g/mol. The van der Waals surface area contributed by atoms with E-state index in [4.69, 9.17) is 5.26 Å². The number of hydrogen-bond acceptors (Lipinski definition) is 6. The molecule has 0 saturated carbocycles. The topological polar surface area (TPSA) is 86.6 Å². The molecule has 0 amide bonds. The van der Waals surface area contributed by atoms with Crippen LogP contribution in [0.15, 0.2) is 58.1 Å². The van der Waals surface area contributed by atoms with Crippen molar-refractivity contribution in [1.82, 2.24) is 9.97 Å². The molecule has 19 heavy (non-hydrogen) atoms. The summed E-state index contributed by atoms with van der Waals surface area (Å²) < 4.78 is 0. The fourth-order valence-electron chi connectivity index (χ4n) is 1.72. The van der Waals surface area contributed by atoms with Crippen molar-refractivity contribution < 1.29 is 0 Å². The number of rotatable bonds is 2. The number of nitriles is 1. The molecule has 3 rings (SSSR count). The fourth-order valence-corrected chi connectivity index (χ4v) is 1.72. The highest BCUT2D eigenvalue weighted by atomic mass is 15.3. The molecule has 0 aliphatic carbocycles. The van der Waals surface area contributed by atoms with E-state index in [2.05, 4.69) is 25.2 Å². The molecule has 0 spiro atoms. The highest BCUT2D eigenvalue weighted by molar-refractivity contribution is 6.00. The largest absolute Gasteiger partial charge is 0.265 e. The van der Waals surface area contributed by atoms with Crippen LogP contribution in [0.25, 0.3) is 0 Å². The molecule has 2 aromatic heterocycles. The van der Waals surface area contributed by atoms with Gasteiger partial charge in [0, 0.05) is 29.7 Å². The van der Waals surface area contributed by atoms with Gasteiger partial charge in [0.05, 0.1) is 0 Å². The van der Waals surface area contributed by atoms with E-state index in [1.165, 1.54) is 0 Å². The lowest BCUT2D eigenvalue weighted by Gasteiger charge is -2.01. The first-order valence-electron chi connectivity index (χ1n) is 5.62. The first-order chi connectivity index (χ1) is 9.36. The van der Waals surface area contributed by atoms with Gasteiger partial charge in [-0.25, -0.2) is 9.98 Å². The van der Waals surface area contributed by atoms with E-state index in [9.17, 15) is 0 Å². The Bertz CT molecular complexity index is 699. The van der Waals surface area contributed by atoms with Crippen molar-refractivity contribution in [3.63, 3.8) is 0 Å². The highest BCUT2D eigenvalue weighted by Crippen LogP contribution is 2.25. The molecule has 0 aromatic carbocycles. The molecule has 6 heteroatoms. The number of azo groups is 1. The lowest BCUT2D eigenvalue weighted by molar-refractivity contribution is 0.770. The van der Waals surface area contributed by atoms with Crippen LogP contribution in [0.3, 0.4) is 0 Å². The second kappa shape index (κ2) is 4.74. The molecular formula is C13H8N6. The van der Waals surface area contributed by atoms with Gasteiger partial charge in [-0.05, 0) is 24.3 Å². The van der Waals surface area contributed by atoms with Gasteiger partial charge < -0.3 is 0 Å². The van der Waals surface area contributed by atoms with Crippen molar-refractivity contribution in [3.05, 3.63) is 59.7 Å². The maximum absolute atomic E-state index is 8.82. The second-order valence-electron chi connectivity index (χ2n) is 3.86. The Hall–Kier alpha value is -2.94. The standard InChI is InChI=1S/C13H8N6/c14-8-11-7-10(3-6-16-11)13-17-12(18-19-13)9-1-4-15-5-2-9/h1-7,12H. The third-order valence-electron chi connectivity index (χ3n) is 2.64. The summed E-state index contributed by atoms with van der Waals surface area (Å²) in [7, 11) is 0. The van der Waals surface area contributed by atoms with Gasteiger partial charge in [-0.2, -0.15) is 10.4 Å². The quantitative estimate of drug-likeness (QED) is 0.816. The van der Waals surface area contributed by atoms with Crippen molar-refractivity contribution in [1.29, 1.82) is 5.26 Å². The van der Waals surface area contributed by atoms with E-state index >= 15 is 0 Å². The summed E-state index contributed by atoms with van der Waals surface area (Å²) in [6.45, 7) is 0. The molecule has 0 fully saturated rings. The number of nitrogens with zero attached hydrogens (tertiary/aromatic N) is 6. The second-order valence-corrected chi connectivity index (χ2v) is 3.86. The van der Waals surface area contributed by atoms with Gasteiger partial charge in [0.25, 0.3) is 0 Å². The summed E-state index contributed by atoms with van der Waals surface area (Å²) >= 11 is 0. The molecule has 0 bridgehead atoms. The summed E-state index contributed by atoms with van der Waals surface area (Å²) in [5.41, 5.74) is 2.01. The van der Waals surface area contributed by atoms with Crippen LogP contribution in [0, 0.1) is 11.3 Å². The first-order valence-corrected chi connectivity index (χ1v) is 5.62. The minimum absolute atomic E-state index is 0.336. The van der Waals surface area contributed by atoms with E-state index in [0.717, 1.165) is 11.1 Å². The van der Waals surface area contributed by atoms with E-state index in [0.29, 0.717) is 11.5 Å². The maximum atomic E-state index is 8.82. The minimum atomic E-state index is -0.336. The first kappa shape index (κ1) is 11.2. The van der Waals surface area contributed by atoms with Crippen molar-refractivity contribution in [2.24, 2.45) is 15.2 Å². The Balaban J connectivity index is 1.92. The predicted molar refractivity (Wildman–Crippen MR) is 67.3 cm³/mol. The number of hydrogen-bond donors (Lipinski definition) is 0. The molecule has 0 saturated heterocycles. The molecule has 1 unspecified atom stereocenters. The van der Waals surface area contributed by atoms with Crippen LogP contribution in [-0.4, -0.2) is 15.8 Å². The Morgan fingerprint density at radius 3 is 2.74 bits per heavy atom. The third kappa shape index (κ3) is 2.21. The van der Waals surface area contributed by atoms with E-state index in [1.54, 1.807) is 30.7 Å². The van der Waals surface area contributed by atoms with Crippen LogP contribution in [0.4, 0.5) is 0 Å². The molecule has 0 radical (unpaired) electrons. The van der Waals surface area contributed by atoms with Gasteiger partial charge in [0.1, 0.15) is 11.8 Å². The number of amidine groups is 1. The normalized spacial score (nSPS) is 17.0. The molecule has 1 aliphatic heterocycles. The van der Waals surface area contributed by atoms with Crippen molar-refractivity contribution in [3.8, 4) is 6.07 Å². The van der Waals surface area contributed by atoms with Gasteiger partial charge in [0.15, 0.2) is 12.0 Å². The Morgan fingerprint density at radius 1 is 1.11 bits per heavy atom. The summed E-state index contributed by atoms with van der Waals surface area (Å²) in [5, 5.41) is 17.0. The Morgan fingerprint density at radius 2 is 1.95 bits per heavy atom. The fraction of sp³-hybridized carbons (Fsp3) is 0.0769. The smallest absolute Gasteiger partial charge is 0.188 e. The Labute approximate surface area is 109 Å². The Kier molecular flexibility index (Phi) is 2.79. The zero-order chi connectivity index (χ0) is 13.1. The third-order valence-corrected chi connectivity index (χ3v) is 2.64. The maximum Gasteiger partial charge on any atom is 0.188 e. The van der Waals surface area contributed by atoms with Crippen molar-refractivity contribution >= 4 is 5.84 Å². The lowest BCUT2D eigenvalue weighted by atomic mass is 10.2. The molecule has 3 heterocycles. The molecule has 90 valence electrons. The van der Waals surface area contributed by atoms with Gasteiger partial charge in [-0.1, -0.05) is 0 Å². The van der Waals surface area contributed by atoms with Gasteiger partial charge in [-0.15, -0.1) is 5.11 Å². The van der Waals surface area contributed by atoms with Crippen LogP contribution < -0.4 is 0 Å². The summed E-state index contributed by atoms with van der Waals surface area (Å²) in [6.07, 6.45) is 4.61. The minimum Gasteiger partial charge on any atom is -0.265 e.